The van der Waals surface area contributed by atoms with E-state index in [-0.39, 0.29) is 5.84 Å². The highest BCUT2D eigenvalue weighted by atomic mass is 15.2. The van der Waals surface area contributed by atoms with Gasteiger partial charge in [0, 0.05) is 19.8 Å². The standard InChI is InChI=1S/C14H22N4/c1-10-7-8-17-14(12(10)13(15)16)18(2)9-11-5-3-4-6-11/h7-8,11H,3-6,9H2,1-2H3,(H3,15,16). The second kappa shape index (κ2) is 5.38. The minimum Gasteiger partial charge on any atom is -0.384 e. The number of hydrogen-bond acceptors (Lipinski definition) is 3. The summed E-state index contributed by atoms with van der Waals surface area (Å²) in [4.78, 5) is 6.56. The van der Waals surface area contributed by atoms with Crippen molar-refractivity contribution < 1.29 is 0 Å². The van der Waals surface area contributed by atoms with Gasteiger partial charge < -0.3 is 10.6 Å². The highest BCUT2D eigenvalue weighted by molar-refractivity contribution is 6.00. The van der Waals surface area contributed by atoms with Crippen LogP contribution in [0.2, 0.25) is 0 Å². The van der Waals surface area contributed by atoms with Gasteiger partial charge >= 0.3 is 0 Å². The summed E-state index contributed by atoms with van der Waals surface area (Å²) in [5.41, 5.74) is 7.47. The molecule has 0 saturated heterocycles. The van der Waals surface area contributed by atoms with Crippen molar-refractivity contribution in [1.82, 2.24) is 4.98 Å². The van der Waals surface area contributed by atoms with Crippen molar-refractivity contribution in [1.29, 1.82) is 5.41 Å². The second-order valence-electron chi connectivity index (χ2n) is 5.27. The third kappa shape index (κ3) is 2.63. The zero-order chi connectivity index (χ0) is 13.1. The summed E-state index contributed by atoms with van der Waals surface area (Å²) >= 11 is 0. The number of rotatable bonds is 4. The molecule has 1 aliphatic carbocycles. The van der Waals surface area contributed by atoms with Crippen LogP contribution in [0.4, 0.5) is 5.82 Å². The van der Waals surface area contributed by atoms with Gasteiger partial charge in [-0.2, -0.15) is 0 Å². The molecule has 98 valence electrons. The molecule has 1 aliphatic rings. The fourth-order valence-electron chi connectivity index (χ4n) is 2.83. The Hall–Kier alpha value is -1.58. The largest absolute Gasteiger partial charge is 0.384 e. The number of nitrogens with one attached hydrogen (secondary N) is 1. The molecule has 1 aromatic heterocycles. The van der Waals surface area contributed by atoms with Crippen LogP contribution >= 0.6 is 0 Å². The van der Waals surface area contributed by atoms with Gasteiger partial charge in [-0.05, 0) is 37.3 Å². The smallest absolute Gasteiger partial charge is 0.139 e. The quantitative estimate of drug-likeness (QED) is 0.633. The number of pyridine rings is 1. The molecule has 1 aromatic rings. The molecular weight excluding hydrogens is 224 g/mol. The van der Waals surface area contributed by atoms with Crippen LogP contribution < -0.4 is 10.6 Å². The molecule has 0 atom stereocenters. The zero-order valence-electron chi connectivity index (χ0n) is 11.2. The van der Waals surface area contributed by atoms with Gasteiger partial charge in [0.05, 0.1) is 5.56 Å². The van der Waals surface area contributed by atoms with Crippen molar-refractivity contribution >= 4 is 11.7 Å². The first kappa shape index (κ1) is 12.9. The molecule has 4 heteroatoms. The highest BCUT2D eigenvalue weighted by Crippen LogP contribution is 2.27. The molecule has 0 spiro atoms. The van der Waals surface area contributed by atoms with Gasteiger partial charge in [-0.1, -0.05) is 12.8 Å². The second-order valence-corrected chi connectivity index (χ2v) is 5.27. The van der Waals surface area contributed by atoms with E-state index in [4.69, 9.17) is 11.1 Å². The first-order valence-electron chi connectivity index (χ1n) is 6.60. The monoisotopic (exact) mass is 246 g/mol. The van der Waals surface area contributed by atoms with Crippen LogP contribution in [0.1, 0.15) is 36.8 Å². The van der Waals surface area contributed by atoms with Gasteiger partial charge in [0.2, 0.25) is 0 Å². The summed E-state index contributed by atoms with van der Waals surface area (Å²) < 4.78 is 0. The van der Waals surface area contributed by atoms with Gasteiger partial charge in [-0.25, -0.2) is 4.98 Å². The average molecular weight is 246 g/mol. The molecule has 18 heavy (non-hydrogen) atoms. The van der Waals surface area contributed by atoms with Crippen molar-refractivity contribution in [2.24, 2.45) is 11.7 Å². The van der Waals surface area contributed by atoms with Gasteiger partial charge in [0.25, 0.3) is 0 Å². The van der Waals surface area contributed by atoms with Crippen molar-refractivity contribution in [3.63, 3.8) is 0 Å². The number of nitrogen functional groups attached to an aromatic ring is 1. The Labute approximate surface area is 109 Å². The summed E-state index contributed by atoms with van der Waals surface area (Å²) in [6.45, 7) is 2.99. The van der Waals surface area contributed by atoms with Crippen LogP contribution in [0.25, 0.3) is 0 Å². The average Bonchev–Trinajstić information content (AvgIpc) is 2.80. The summed E-state index contributed by atoms with van der Waals surface area (Å²) in [5, 5.41) is 7.71. The van der Waals surface area contributed by atoms with E-state index in [1.807, 2.05) is 20.0 Å². The van der Waals surface area contributed by atoms with E-state index in [2.05, 4.69) is 9.88 Å². The lowest BCUT2D eigenvalue weighted by Crippen LogP contribution is -2.28. The lowest BCUT2D eigenvalue weighted by Gasteiger charge is -2.24. The number of aromatic nitrogens is 1. The van der Waals surface area contributed by atoms with Crippen molar-refractivity contribution in [3.8, 4) is 0 Å². The van der Waals surface area contributed by atoms with Crippen LogP contribution in [-0.2, 0) is 0 Å². The Morgan fingerprint density at radius 3 is 2.78 bits per heavy atom. The van der Waals surface area contributed by atoms with Gasteiger partial charge in [0.15, 0.2) is 0 Å². The van der Waals surface area contributed by atoms with Crippen LogP contribution in [0.5, 0.6) is 0 Å². The third-order valence-electron chi connectivity index (χ3n) is 3.78. The summed E-state index contributed by atoms with van der Waals surface area (Å²) in [7, 11) is 2.05. The fraction of sp³-hybridized carbons (Fsp3) is 0.571. The van der Waals surface area contributed by atoms with Crippen LogP contribution in [0, 0.1) is 18.3 Å². The molecule has 3 N–H and O–H groups in total. The number of amidine groups is 1. The maximum atomic E-state index is 7.71. The van der Waals surface area contributed by atoms with E-state index < -0.39 is 0 Å². The summed E-state index contributed by atoms with van der Waals surface area (Å²) in [6, 6.07) is 1.91. The Balaban J connectivity index is 2.20. The molecule has 4 nitrogen and oxygen atoms in total. The maximum absolute atomic E-state index is 7.71. The molecule has 1 heterocycles. The predicted molar refractivity (Wildman–Crippen MR) is 75.2 cm³/mol. The normalized spacial score (nSPS) is 15.9. The van der Waals surface area contributed by atoms with Crippen LogP contribution in [-0.4, -0.2) is 24.4 Å². The van der Waals surface area contributed by atoms with E-state index in [1.165, 1.54) is 25.7 Å². The predicted octanol–water partition coefficient (Wildman–Crippen LogP) is 2.30. The summed E-state index contributed by atoms with van der Waals surface area (Å²) in [5.74, 6) is 1.71. The lowest BCUT2D eigenvalue weighted by atomic mass is 10.1. The van der Waals surface area contributed by atoms with Crippen molar-refractivity contribution in [3.05, 3.63) is 23.4 Å². The van der Waals surface area contributed by atoms with Crippen molar-refractivity contribution in [2.45, 2.75) is 32.6 Å². The van der Waals surface area contributed by atoms with Crippen molar-refractivity contribution in [2.75, 3.05) is 18.5 Å². The van der Waals surface area contributed by atoms with Gasteiger partial charge in [-0.15, -0.1) is 0 Å². The molecule has 0 aromatic carbocycles. The Morgan fingerprint density at radius 1 is 1.50 bits per heavy atom. The lowest BCUT2D eigenvalue weighted by molar-refractivity contribution is 0.545. The third-order valence-corrected chi connectivity index (χ3v) is 3.78. The number of nitrogens with two attached hydrogens (primary N) is 1. The first-order chi connectivity index (χ1) is 8.59. The summed E-state index contributed by atoms with van der Waals surface area (Å²) in [6.07, 6.45) is 7.11. The molecule has 0 bridgehead atoms. The Bertz CT molecular complexity index is 435. The van der Waals surface area contributed by atoms with E-state index in [1.54, 1.807) is 6.20 Å². The number of anilines is 1. The molecular formula is C14H22N4. The van der Waals surface area contributed by atoms with E-state index in [9.17, 15) is 0 Å². The molecule has 1 fully saturated rings. The first-order valence-corrected chi connectivity index (χ1v) is 6.60. The number of aryl methyl sites for hydroxylation is 1. The Kier molecular flexibility index (Phi) is 3.84. The number of nitrogens with zero attached hydrogens (tertiary/aromatic N) is 2. The topological polar surface area (TPSA) is 66.0 Å². The molecule has 1 saturated carbocycles. The Morgan fingerprint density at radius 2 is 2.17 bits per heavy atom. The molecule has 0 aliphatic heterocycles. The molecule has 2 rings (SSSR count). The SMILES string of the molecule is Cc1ccnc(N(C)CC2CCCC2)c1C(=N)N. The maximum Gasteiger partial charge on any atom is 0.139 e. The van der Waals surface area contributed by atoms with E-state index in [0.717, 1.165) is 29.4 Å². The number of hydrogen-bond donors (Lipinski definition) is 2. The van der Waals surface area contributed by atoms with E-state index in [0.29, 0.717) is 0 Å². The molecule has 0 unspecified atom stereocenters. The van der Waals surface area contributed by atoms with Crippen LogP contribution in [0.15, 0.2) is 12.3 Å². The van der Waals surface area contributed by atoms with E-state index >= 15 is 0 Å². The minimum absolute atomic E-state index is 0.105. The zero-order valence-corrected chi connectivity index (χ0v) is 11.2. The van der Waals surface area contributed by atoms with Gasteiger partial charge in [0.1, 0.15) is 11.7 Å². The fourth-order valence-corrected chi connectivity index (χ4v) is 2.83. The molecule has 0 radical (unpaired) electrons. The molecule has 0 amide bonds. The minimum atomic E-state index is 0.105. The van der Waals surface area contributed by atoms with Crippen LogP contribution in [0.3, 0.4) is 0 Å². The highest BCUT2D eigenvalue weighted by Gasteiger charge is 2.20. The van der Waals surface area contributed by atoms with Gasteiger partial charge in [-0.3, -0.25) is 5.41 Å².